The highest BCUT2D eigenvalue weighted by molar-refractivity contribution is 7.17. The zero-order valence-electron chi connectivity index (χ0n) is 10.2. The average molecular weight is 297 g/mol. The summed E-state index contributed by atoms with van der Waals surface area (Å²) in [6.07, 6.45) is 0. The van der Waals surface area contributed by atoms with Gasteiger partial charge in [0.05, 0.1) is 10.7 Å². The molecular weight excluding hydrogens is 286 g/mol. The largest absolute Gasteiger partial charge is 0.492 e. The fraction of sp³-hybridized carbons (Fsp3) is 0.200. The highest BCUT2D eigenvalue weighted by Crippen LogP contribution is 2.32. The number of carbonyl (C=O) groups is 1. The van der Waals surface area contributed by atoms with Crippen molar-refractivity contribution in [3.05, 3.63) is 15.3 Å². The van der Waals surface area contributed by atoms with Crippen molar-refractivity contribution in [3.8, 4) is 16.6 Å². The van der Waals surface area contributed by atoms with Gasteiger partial charge in [0.25, 0.3) is 0 Å². The van der Waals surface area contributed by atoms with E-state index in [1.165, 1.54) is 22.7 Å². The highest BCUT2D eigenvalue weighted by Gasteiger charge is 2.16. The minimum absolute atomic E-state index is 0.141. The van der Waals surface area contributed by atoms with Crippen LogP contribution in [0.5, 0.6) is 5.88 Å². The second kappa shape index (κ2) is 5.33. The van der Waals surface area contributed by atoms with Crippen molar-refractivity contribution in [2.45, 2.75) is 13.8 Å². The number of carbonyl (C=O) groups excluding carboxylic acids is 1. The molecule has 0 unspecified atom stereocenters. The number of aromatic nitrogens is 2. The molecule has 0 spiro atoms. The quantitative estimate of drug-likeness (QED) is 0.590. The molecule has 0 aliphatic heterocycles. The second-order valence-corrected chi connectivity index (χ2v) is 5.66. The van der Waals surface area contributed by atoms with Crippen molar-refractivity contribution >= 4 is 34.4 Å². The summed E-state index contributed by atoms with van der Waals surface area (Å²) >= 11 is 2.75. The summed E-state index contributed by atoms with van der Waals surface area (Å²) in [4.78, 5) is 19.4. The van der Waals surface area contributed by atoms with Crippen molar-refractivity contribution in [1.29, 1.82) is 0 Å². The first-order valence-electron chi connectivity index (χ1n) is 5.19. The topological polar surface area (TPSA) is 113 Å². The molecule has 2 aromatic heterocycles. The van der Waals surface area contributed by atoms with E-state index in [4.69, 9.17) is 5.73 Å². The molecule has 19 heavy (non-hydrogen) atoms. The third-order valence-electron chi connectivity index (χ3n) is 2.11. The standard InChI is InChI=1S/C10H11N5O2S2/c1-4(14-15-10(11)17)7-8(16)13-9(19-7)6-3-18-5(2)12-6/h3,16H,1-2H3,(H3,11,15,17)/b14-4+. The zero-order valence-corrected chi connectivity index (χ0v) is 11.8. The third kappa shape index (κ3) is 3.06. The number of amides is 2. The number of hydrogen-bond acceptors (Lipinski definition) is 7. The first-order valence-corrected chi connectivity index (χ1v) is 6.89. The van der Waals surface area contributed by atoms with Crippen LogP contribution < -0.4 is 11.2 Å². The monoisotopic (exact) mass is 297 g/mol. The Morgan fingerprint density at radius 3 is 2.84 bits per heavy atom. The van der Waals surface area contributed by atoms with Crippen LogP contribution in [-0.4, -0.2) is 26.8 Å². The lowest BCUT2D eigenvalue weighted by atomic mass is 10.4. The molecule has 2 heterocycles. The van der Waals surface area contributed by atoms with E-state index < -0.39 is 6.03 Å². The number of primary amides is 1. The van der Waals surface area contributed by atoms with Gasteiger partial charge in [-0.3, -0.25) is 0 Å². The van der Waals surface area contributed by atoms with Gasteiger partial charge in [0, 0.05) is 5.38 Å². The fourth-order valence-electron chi connectivity index (χ4n) is 1.31. The summed E-state index contributed by atoms with van der Waals surface area (Å²) in [5.74, 6) is -0.141. The number of hydrogen-bond donors (Lipinski definition) is 3. The van der Waals surface area contributed by atoms with E-state index in [1.54, 1.807) is 6.92 Å². The average Bonchev–Trinajstić information content (AvgIpc) is 2.92. The lowest BCUT2D eigenvalue weighted by molar-refractivity contribution is 0.249. The lowest BCUT2D eigenvalue weighted by Crippen LogP contribution is -2.25. The minimum atomic E-state index is -0.765. The van der Waals surface area contributed by atoms with Crippen LogP contribution in [0.1, 0.15) is 16.8 Å². The van der Waals surface area contributed by atoms with Gasteiger partial charge in [-0.2, -0.15) is 10.1 Å². The molecule has 0 fully saturated rings. The van der Waals surface area contributed by atoms with E-state index in [1.807, 2.05) is 12.3 Å². The first kappa shape index (κ1) is 13.4. The molecule has 0 saturated carbocycles. The summed E-state index contributed by atoms with van der Waals surface area (Å²) in [6, 6.07) is -0.765. The van der Waals surface area contributed by atoms with Crippen LogP contribution in [0.25, 0.3) is 10.7 Å². The molecule has 0 bridgehead atoms. The fourth-order valence-corrected chi connectivity index (χ4v) is 2.85. The molecule has 2 rings (SSSR count). The van der Waals surface area contributed by atoms with Gasteiger partial charge in [0.15, 0.2) is 0 Å². The molecule has 0 radical (unpaired) electrons. The van der Waals surface area contributed by atoms with E-state index in [0.717, 1.165) is 5.01 Å². The Bertz CT molecular complexity index is 646. The first-order chi connectivity index (χ1) is 8.97. The molecule has 100 valence electrons. The van der Waals surface area contributed by atoms with Gasteiger partial charge in [-0.1, -0.05) is 0 Å². The molecule has 0 saturated heterocycles. The predicted octanol–water partition coefficient (Wildman–Crippen LogP) is 1.67. The van der Waals surface area contributed by atoms with Crippen LogP contribution in [-0.2, 0) is 0 Å². The van der Waals surface area contributed by atoms with Gasteiger partial charge in [0.2, 0.25) is 5.88 Å². The van der Waals surface area contributed by atoms with Gasteiger partial charge in [0.1, 0.15) is 15.6 Å². The van der Waals surface area contributed by atoms with Crippen LogP contribution in [0, 0.1) is 6.92 Å². The Hall–Kier alpha value is -2.00. The SMILES string of the molecule is C/C(=N\NC(N)=O)c1sc(-c2csc(C)n2)nc1O. The normalized spacial score (nSPS) is 11.6. The van der Waals surface area contributed by atoms with E-state index in [2.05, 4.69) is 20.5 Å². The maximum atomic E-state index is 10.6. The summed E-state index contributed by atoms with van der Waals surface area (Å²) in [7, 11) is 0. The number of hydrazone groups is 1. The van der Waals surface area contributed by atoms with E-state index >= 15 is 0 Å². The molecule has 4 N–H and O–H groups in total. The maximum Gasteiger partial charge on any atom is 0.332 e. The predicted molar refractivity (Wildman–Crippen MR) is 74.6 cm³/mol. The molecule has 2 aromatic rings. The van der Waals surface area contributed by atoms with Crippen molar-refractivity contribution < 1.29 is 9.90 Å². The summed E-state index contributed by atoms with van der Waals surface area (Å²) in [6.45, 7) is 3.53. The number of nitrogens with zero attached hydrogens (tertiary/aromatic N) is 3. The van der Waals surface area contributed by atoms with Crippen molar-refractivity contribution in [3.63, 3.8) is 0 Å². The molecule has 0 atom stereocenters. The zero-order chi connectivity index (χ0) is 14.0. The van der Waals surface area contributed by atoms with Gasteiger partial charge in [-0.15, -0.1) is 22.7 Å². The molecule has 0 aromatic carbocycles. The summed E-state index contributed by atoms with van der Waals surface area (Å²) < 4.78 is 0. The Morgan fingerprint density at radius 2 is 2.26 bits per heavy atom. The van der Waals surface area contributed by atoms with Crippen LogP contribution in [0.4, 0.5) is 4.79 Å². The number of urea groups is 1. The van der Waals surface area contributed by atoms with E-state index in [-0.39, 0.29) is 5.88 Å². The summed E-state index contributed by atoms with van der Waals surface area (Å²) in [5.41, 5.74) is 8.16. The third-order valence-corrected chi connectivity index (χ3v) is 4.06. The Labute approximate surface area is 116 Å². The Balaban J connectivity index is 2.31. The number of nitrogens with one attached hydrogen (secondary N) is 1. The smallest absolute Gasteiger partial charge is 0.332 e. The number of thiazole rings is 2. The van der Waals surface area contributed by atoms with E-state index in [9.17, 15) is 9.90 Å². The van der Waals surface area contributed by atoms with Crippen LogP contribution in [0.15, 0.2) is 10.5 Å². The highest BCUT2D eigenvalue weighted by atomic mass is 32.1. The number of aryl methyl sites for hydroxylation is 1. The molecule has 2 amide bonds. The lowest BCUT2D eigenvalue weighted by Gasteiger charge is -1.96. The second-order valence-electron chi connectivity index (χ2n) is 3.60. The number of nitrogens with two attached hydrogens (primary N) is 1. The van der Waals surface area contributed by atoms with Crippen molar-refractivity contribution in [2.24, 2.45) is 10.8 Å². The van der Waals surface area contributed by atoms with Gasteiger partial charge >= 0.3 is 6.03 Å². The van der Waals surface area contributed by atoms with Crippen LogP contribution in [0.2, 0.25) is 0 Å². The molecular formula is C10H11N5O2S2. The van der Waals surface area contributed by atoms with Crippen LogP contribution >= 0.6 is 22.7 Å². The Morgan fingerprint density at radius 1 is 1.53 bits per heavy atom. The van der Waals surface area contributed by atoms with Gasteiger partial charge in [-0.05, 0) is 13.8 Å². The van der Waals surface area contributed by atoms with Crippen LogP contribution in [0.3, 0.4) is 0 Å². The molecule has 0 aliphatic rings. The maximum absolute atomic E-state index is 10.6. The molecule has 9 heteroatoms. The van der Waals surface area contributed by atoms with Crippen molar-refractivity contribution in [1.82, 2.24) is 15.4 Å². The van der Waals surface area contributed by atoms with Gasteiger partial charge < -0.3 is 10.8 Å². The van der Waals surface area contributed by atoms with Gasteiger partial charge in [-0.25, -0.2) is 15.2 Å². The Kier molecular flexibility index (Phi) is 3.76. The number of rotatable bonds is 3. The summed E-state index contributed by atoms with van der Waals surface area (Å²) in [5, 5.41) is 16.9. The molecule has 0 aliphatic carbocycles. The van der Waals surface area contributed by atoms with Crippen molar-refractivity contribution in [2.75, 3.05) is 0 Å². The minimum Gasteiger partial charge on any atom is -0.492 e. The molecule has 7 nitrogen and oxygen atoms in total. The number of aromatic hydroxyl groups is 1. The van der Waals surface area contributed by atoms with E-state index in [0.29, 0.717) is 21.3 Å².